The quantitative estimate of drug-likeness (QED) is 0.644. The van der Waals surface area contributed by atoms with E-state index in [4.69, 9.17) is 14.6 Å². The molecule has 0 aliphatic rings. The van der Waals surface area contributed by atoms with Crippen molar-refractivity contribution in [1.29, 1.82) is 0 Å². The van der Waals surface area contributed by atoms with Crippen molar-refractivity contribution in [2.75, 3.05) is 13.7 Å². The molecule has 0 aliphatic heterocycles. The first-order valence-electron chi connectivity index (χ1n) is 6.49. The standard InChI is InChI=1S/C16H20O5/c1-11-5-7-13(12(9-11)6-8-14(17)18)21-10-16(2,3)15(19)20-4/h5-9H,10H2,1-4H3,(H,17,18). The predicted octanol–water partition coefficient (Wildman–Crippen LogP) is 2.67. The van der Waals surface area contributed by atoms with Crippen LogP contribution in [0.3, 0.4) is 0 Å². The lowest BCUT2D eigenvalue weighted by Gasteiger charge is -2.22. The van der Waals surface area contributed by atoms with Gasteiger partial charge in [0.1, 0.15) is 12.4 Å². The molecule has 0 saturated carbocycles. The Bertz CT molecular complexity index is 558. The van der Waals surface area contributed by atoms with Crippen LogP contribution < -0.4 is 4.74 Å². The molecule has 114 valence electrons. The molecule has 1 aromatic carbocycles. The molecule has 0 aliphatic carbocycles. The molecule has 0 aromatic heterocycles. The van der Waals surface area contributed by atoms with Gasteiger partial charge >= 0.3 is 11.9 Å². The third-order valence-corrected chi connectivity index (χ3v) is 2.90. The number of methoxy groups -OCH3 is 1. The Hall–Kier alpha value is -2.30. The molecular weight excluding hydrogens is 272 g/mol. The zero-order chi connectivity index (χ0) is 16.0. The van der Waals surface area contributed by atoms with Crippen LogP contribution in [0, 0.1) is 12.3 Å². The maximum absolute atomic E-state index is 11.6. The van der Waals surface area contributed by atoms with Gasteiger partial charge < -0.3 is 14.6 Å². The Morgan fingerprint density at radius 3 is 2.57 bits per heavy atom. The van der Waals surface area contributed by atoms with Crippen LogP contribution in [0.25, 0.3) is 6.08 Å². The van der Waals surface area contributed by atoms with Gasteiger partial charge in [0, 0.05) is 11.6 Å². The zero-order valence-electron chi connectivity index (χ0n) is 12.7. The van der Waals surface area contributed by atoms with Crippen molar-refractivity contribution in [2.45, 2.75) is 20.8 Å². The first-order chi connectivity index (χ1) is 9.76. The number of hydrogen-bond donors (Lipinski definition) is 1. The minimum atomic E-state index is -1.03. The van der Waals surface area contributed by atoms with Crippen molar-refractivity contribution >= 4 is 18.0 Å². The highest BCUT2D eigenvalue weighted by Crippen LogP contribution is 2.25. The second kappa shape index (κ2) is 6.92. The topological polar surface area (TPSA) is 72.8 Å². The normalized spacial score (nSPS) is 11.4. The molecule has 0 atom stereocenters. The number of carbonyl (C=O) groups excluding carboxylic acids is 1. The van der Waals surface area contributed by atoms with E-state index in [2.05, 4.69) is 0 Å². The molecule has 0 heterocycles. The number of carbonyl (C=O) groups is 2. The highest BCUT2D eigenvalue weighted by Gasteiger charge is 2.29. The van der Waals surface area contributed by atoms with Crippen LogP contribution in [0.1, 0.15) is 25.0 Å². The molecule has 0 spiro atoms. The van der Waals surface area contributed by atoms with Gasteiger partial charge in [0.15, 0.2) is 0 Å². The maximum atomic E-state index is 11.6. The van der Waals surface area contributed by atoms with Crippen molar-refractivity contribution in [3.8, 4) is 5.75 Å². The summed E-state index contributed by atoms with van der Waals surface area (Å²) in [6.45, 7) is 5.48. The van der Waals surface area contributed by atoms with Crippen LogP contribution in [0.15, 0.2) is 24.3 Å². The number of aliphatic carboxylic acids is 1. The third-order valence-electron chi connectivity index (χ3n) is 2.90. The molecule has 1 N–H and O–H groups in total. The highest BCUT2D eigenvalue weighted by molar-refractivity contribution is 5.86. The van der Waals surface area contributed by atoms with E-state index in [1.807, 2.05) is 19.1 Å². The van der Waals surface area contributed by atoms with Crippen molar-refractivity contribution < 1.29 is 24.2 Å². The molecule has 0 unspecified atom stereocenters. The first kappa shape index (κ1) is 16.8. The number of aryl methyl sites for hydroxylation is 1. The second-order valence-electron chi connectivity index (χ2n) is 5.38. The number of carboxylic acids is 1. The summed E-state index contributed by atoms with van der Waals surface area (Å²) in [5.41, 5.74) is 0.852. The molecular formula is C16H20O5. The fourth-order valence-electron chi connectivity index (χ4n) is 1.68. The first-order valence-corrected chi connectivity index (χ1v) is 6.49. The Kier molecular flexibility index (Phi) is 5.52. The molecule has 1 aromatic rings. The van der Waals surface area contributed by atoms with Gasteiger partial charge in [-0.1, -0.05) is 11.6 Å². The molecule has 0 saturated heterocycles. The summed E-state index contributed by atoms with van der Waals surface area (Å²) in [5, 5.41) is 8.71. The molecule has 5 heteroatoms. The Morgan fingerprint density at radius 2 is 2.00 bits per heavy atom. The lowest BCUT2D eigenvalue weighted by atomic mass is 9.95. The number of rotatable bonds is 6. The van der Waals surface area contributed by atoms with E-state index in [1.54, 1.807) is 19.9 Å². The fraction of sp³-hybridized carbons (Fsp3) is 0.375. The van der Waals surface area contributed by atoms with E-state index in [0.717, 1.165) is 11.6 Å². The monoisotopic (exact) mass is 292 g/mol. The lowest BCUT2D eigenvalue weighted by Crippen LogP contribution is -2.32. The van der Waals surface area contributed by atoms with Gasteiger partial charge in [-0.25, -0.2) is 4.79 Å². The average molecular weight is 292 g/mol. The number of carboxylic acid groups (broad SMARTS) is 1. The Labute approximate surface area is 124 Å². The van der Waals surface area contributed by atoms with Gasteiger partial charge in [-0.3, -0.25) is 4.79 Å². The summed E-state index contributed by atoms with van der Waals surface area (Å²) < 4.78 is 10.4. The summed E-state index contributed by atoms with van der Waals surface area (Å²) in [6, 6.07) is 5.43. The lowest BCUT2D eigenvalue weighted by molar-refractivity contribution is -0.152. The number of hydrogen-bond acceptors (Lipinski definition) is 4. The van der Waals surface area contributed by atoms with E-state index in [0.29, 0.717) is 11.3 Å². The molecule has 0 fully saturated rings. The molecule has 0 bridgehead atoms. The third kappa shape index (κ3) is 4.95. The molecule has 5 nitrogen and oxygen atoms in total. The van der Waals surface area contributed by atoms with Gasteiger partial charge in [0.25, 0.3) is 0 Å². The van der Waals surface area contributed by atoms with Crippen molar-refractivity contribution in [1.82, 2.24) is 0 Å². The number of esters is 1. The second-order valence-corrected chi connectivity index (χ2v) is 5.38. The van der Waals surface area contributed by atoms with Crippen LogP contribution in [-0.2, 0) is 14.3 Å². The van der Waals surface area contributed by atoms with Gasteiger partial charge in [0.2, 0.25) is 0 Å². The smallest absolute Gasteiger partial charge is 0.328 e. The summed E-state index contributed by atoms with van der Waals surface area (Å²) in [4.78, 5) is 22.2. The van der Waals surface area contributed by atoms with E-state index >= 15 is 0 Å². The van der Waals surface area contributed by atoms with Gasteiger partial charge in [0.05, 0.1) is 12.5 Å². The molecule has 1 rings (SSSR count). The SMILES string of the molecule is COC(=O)C(C)(C)COc1ccc(C)cc1C=CC(=O)O. The van der Waals surface area contributed by atoms with Gasteiger partial charge in [-0.15, -0.1) is 0 Å². The summed E-state index contributed by atoms with van der Waals surface area (Å²) in [5.74, 6) is -0.871. The summed E-state index contributed by atoms with van der Waals surface area (Å²) in [7, 11) is 1.33. The van der Waals surface area contributed by atoms with E-state index in [9.17, 15) is 9.59 Å². The van der Waals surface area contributed by atoms with E-state index in [1.165, 1.54) is 13.2 Å². The number of ether oxygens (including phenoxy) is 2. The van der Waals surface area contributed by atoms with Crippen LogP contribution >= 0.6 is 0 Å². The molecule has 0 radical (unpaired) electrons. The Balaban J connectivity index is 2.93. The van der Waals surface area contributed by atoms with Gasteiger partial charge in [-0.2, -0.15) is 0 Å². The largest absolute Gasteiger partial charge is 0.492 e. The minimum absolute atomic E-state index is 0.136. The van der Waals surface area contributed by atoms with Crippen molar-refractivity contribution in [3.05, 3.63) is 35.4 Å². The Morgan fingerprint density at radius 1 is 1.33 bits per heavy atom. The van der Waals surface area contributed by atoms with Crippen LogP contribution in [-0.4, -0.2) is 30.8 Å². The fourth-order valence-corrected chi connectivity index (χ4v) is 1.68. The van der Waals surface area contributed by atoms with Crippen molar-refractivity contribution in [3.63, 3.8) is 0 Å². The van der Waals surface area contributed by atoms with Crippen LogP contribution in [0.2, 0.25) is 0 Å². The average Bonchev–Trinajstić information content (AvgIpc) is 2.42. The van der Waals surface area contributed by atoms with Crippen LogP contribution in [0.4, 0.5) is 0 Å². The predicted molar refractivity (Wildman–Crippen MR) is 79.1 cm³/mol. The highest BCUT2D eigenvalue weighted by atomic mass is 16.5. The number of benzene rings is 1. The summed E-state index contributed by atoms with van der Waals surface area (Å²) in [6.07, 6.45) is 2.52. The molecule has 0 amide bonds. The molecule has 21 heavy (non-hydrogen) atoms. The van der Waals surface area contributed by atoms with E-state index in [-0.39, 0.29) is 12.6 Å². The minimum Gasteiger partial charge on any atom is -0.492 e. The van der Waals surface area contributed by atoms with E-state index < -0.39 is 11.4 Å². The van der Waals surface area contributed by atoms with Gasteiger partial charge in [-0.05, 0) is 39.0 Å². The van der Waals surface area contributed by atoms with Crippen molar-refractivity contribution in [2.24, 2.45) is 5.41 Å². The van der Waals surface area contributed by atoms with Crippen LogP contribution in [0.5, 0.6) is 5.75 Å². The summed E-state index contributed by atoms with van der Waals surface area (Å²) >= 11 is 0. The maximum Gasteiger partial charge on any atom is 0.328 e. The zero-order valence-corrected chi connectivity index (χ0v) is 12.7.